The second kappa shape index (κ2) is 5.52. The molecule has 4 heteroatoms. The molecule has 0 amide bonds. The topological polar surface area (TPSA) is 52.3 Å². The number of hydrogen-bond donors (Lipinski definition) is 1. The second-order valence-electron chi connectivity index (χ2n) is 3.99. The highest BCUT2D eigenvalue weighted by Gasteiger charge is 2.17. The number of hydrogen-bond acceptors (Lipinski definition) is 3. The number of anilines is 1. The average molecular weight is 259 g/mol. The van der Waals surface area contributed by atoms with Gasteiger partial charge in [0, 0.05) is 11.3 Å². The number of carbonyl (C=O) groups excluding carboxylic acids is 1. The van der Waals surface area contributed by atoms with E-state index in [1.165, 1.54) is 18.2 Å². The number of ether oxygens (including phenoxy) is 1. The van der Waals surface area contributed by atoms with Crippen LogP contribution in [0.15, 0.2) is 42.5 Å². The van der Waals surface area contributed by atoms with Crippen molar-refractivity contribution in [3.63, 3.8) is 0 Å². The number of nitrogen functional groups attached to an aromatic ring is 1. The fraction of sp³-hybridized carbons (Fsp3) is 0.133. The smallest absolute Gasteiger partial charge is 0.198 e. The molecule has 0 atom stereocenters. The maximum Gasteiger partial charge on any atom is 0.198 e. The SMILES string of the molecule is CCOc1ccc(F)cc1C(=O)c1ccccc1N. The Morgan fingerprint density at radius 3 is 2.63 bits per heavy atom. The summed E-state index contributed by atoms with van der Waals surface area (Å²) in [5, 5.41) is 0. The lowest BCUT2D eigenvalue weighted by atomic mass is 10.0. The van der Waals surface area contributed by atoms with Crippen LogP contribution < -0.4 is 10.5 Å². The Bertz CT molecular complexity index is 611. The van der Waals surface area contributed by atoms with Crippen molar-refractivity contribution in [2.24, 2.45) is 0 Å². The first kappa shape index (κ1) is 13.1. The van der Waals surface area contributed by atoms with Crippen LogP contribution in [0.4, 0.5) is 10.1 Å². The van der Waals surface area contributed by atoms with Crippen LogP contribution in [-0.2, 0) is 0 Å². The predicted molar refractivity (Wildman–Crippen MR) is 71.9 cm³/mol. The van der Waals surface area contributed by atoms with Gasteiger partial charge in [0.2, 0.25) is 0 Å². The standard InChI is InChI=1S/C15H14FNO2/c1-2-19-14-8-7-10(16)9-12(14)15(18)11-5-3-4-6-13(11)17/h3-9H,2,17H2,1H3. The zero-order chi connectivity index (χ0) is 13.8. The Kier molecular flexibility index (Phi) is 3.80. The molecule has 2 rings (SSSR count). The van der Waals surface area contributed by atoms with Gasteiger partial charge in [-0.15, -0.1) is 0 Å². The maximum absolute atomic E-state index is 13.3. The van der Waals surface area contributed by atoms with E-state index in [1.54, 1.807) is 31.2 Å². The number of halogens is 1. The normalized spacial score (nSPS) is 10.2. The third-order valence-electron chi connectivity index (χ3n) is 2.69. The van der Waals surface area contributed by atoms with Gasteiger partial charge in [0.05, 0.1) is 12.2 Å². The van der Waals surface area contributed by atoms with E-state index >= 15 is 0 Å². The van der Waals surface area contributed by atoms with Crippen molar-refractivity contribution in [2.45, 2.75) is 6.92 Å². The van der Waals surface area contributed by atoms with Gasteiger partial charge in [-0.1, -0.05) is 12.1 Å². The molecular weight excluding hydrogens is 245 g/mol. The largest absolute Gasteiger partial charge is 0.493 e. The van der Waals surface area contributed by atoms with Crippen LogP contribution in [0.25, 0.3) is 0 Å². The molecule has 0 aliphatic heterocycles. The summed E-state index contributed by atoms with van der Waals surface area (Å²) in [6.07, 6.45) is 0. The molecule has 0 spiro atoms. The zero-order valence-corrected chi connectivity index (χ0v) is 10.5. The highest BCUT2D eigenvalue weighted by Crippen LogP contribution is 2.25. The molecule has 98 valence electrons. The van der Waals surface area contributed by atoms with Crippen LogP contribution >= 0.6 is 0 Å². The zero-order valence-electron chi connectivity index (χ0n) is 10.5. The molecule has 3 nitrogen and oxygen atoms in total. The molecule has 2 aromatic rings. The van der Waals surface area contributed by atoms with Crippen molar-refractivity contribution in [1.29, 1.82) is 0 Å². The van der Waals surface area contributed by atoms with Crippen molar-refractivity contribution in [2.75, 3.05) is 12.3 Å². The average Bonchev–Trinajstić information content (AvgIpc) is 2.41. The van der Waals surface area contributed by atoms with Gasteiger partial charge in [-0.05, 0) is 37.3 Å². The Labute approximate surface area is 110 Å². The fourth-order valence-corrected chi connectivity index (χ4v) is 1.81. The number of rotatable bonds is 4. The van der Waals surface area contributed by atoms with Crippen molar-refractivity contribution >= 4 is 11.5 Å². The summed E-state index contributed by atoms with van der Waals surface area (Å²) in [5.41, 5.74) is 6.65. The number of carbonyl (C=O) groups is 1. The van der Waals surface area contributed by atoms with Crippen molar-refractivity contribution < 1.29 is 13.9 Å². The van der Waals surface area contributed by atoms with E-state index in [1.807, 2.05) is 0 Å². The first-order valence-corrected chi connectivity index (χ1v) is 5.95. The predicted octanol–water partition coefficient (Wildman–Crippen LogP) is 3.04. The molecule has 2 N–H and O–H groups in total. The van der Waals surface area contributed by atoms with E-state index in [0.29, 0.717) is 23.6 Å². The van der Waals surface area contributed by atoms with E-state index in [4.69, 9.17) is 10.5 Å². The second-order valence-corrected chi connectivity index (χ2v) is 3.99. The molecule has 0 heterocycles. The third kappa shape index (κ3) is 2.73. The Balaban J connectivity index is 2.49. The Hall–Kier alpha value is -2.36. The Morgan fingerprint density at radius 1 is 1.21 bits per heavy atom. The molecule has 2 aromatic carbocycles. The van der Waals surface area contributed by atoms with Gasteiger partial charge in [0.1, 0.15) is 11.6 Å². The van der Waals surface area contributed by atoms with E-state index in [9.17, 15) is 9.18 Å². The van der Waals surface area contributed by atoms with Crippen molar-refractivity contribution in [1.82, 2.24) is 0 Å². The van der Waals surface area contributed by atoms with Crippen LogP contribution in [0.2, 0.25) is 0 Å². The van der Waals surface area contributed by atoms with E-state index < -0.39 is 5.82 Å². The van der Waals surface area contributed by atoms with Crippen LogP contribution in [0.5, 0.6) is 5.75 Å². The number of para-hydroxylation sites is 1. The lowest BCUT2D eigenvalue weighted by Crippen LogP contribution is -2.08. The molecule has 0 fully saturated rings. The third-order valence-corrected chi connectivity index (χ3v) is 2.69. The summed E-state index contributed by atoms with van der Waals surface area (Å²) in [4.78, 5) is 12.4. The fourth-order valence-electron chi connectivity index (χ4n) is 1.81. The van der Waals surface area contributed by atoms with Crippen LogP contribution in [0, 0.1) is 5.82 Å². The number of benzene rings is 2. The van der Waals surface area contributed by atoms with Crippen LogP contribution in [0.1, 0.15) is 22.8 Å². The highest BCUT2D eigenvalue weighted by atomic mass is 19.1. The van der Waals surface area contributed by atoms with Gasteiger partial charge >= 0.3 is 0 Å². The molecule has 0 bridgehead atoms. The van der Waals surface area contributed by atoms with E-state index in [2.05, 4.69) is 0 Å². The molecule has 0 radical (unpaired) electrons. The Morgan fingerprint density at radius 2 is 1.95 bits per heavy atom. The number of nitrogens with two attached hydrogens (primary N) is 1. The summed E-state index contributed by atoms with van der Waals surface area (Å²) in [6.45, 7) is 2.20. The summed E-state index contributed by atoms with van der Waals surface area (Å²) >= 11 is 0. The molecule has 0 aliphatic carbocycles. The summed E-state index contributed by atoms with van der Waals surface area (Å²) < 4.78 is 18.7. The summed E-state index contributed by atoms with van der Waals surface area (Å²) in [5.74, 6) is -0.473. The van der Waals surface area contributed by atoms with Gasteiger partial charge in [-0.25, -0.2) is 4.39 Å². The number of ketones is 1. The molecule has 0 aromatic heterocycles. The van der Waals surface area contributed by atoms with Gasteiger partial charge in [-0.2, -0.15) is 0 Å². The quantitative estimate of drug-likeness (QED) is 0.678. The van der Waals surface area contributed by atoms with E-state index in [0.717, 1.165) is 0 Å². The minimum atomic E-state index is -0.485. The lowest BCUT2D eigenvalue weighted by Gasteiger charge is -2.10. The first-order valence-electron chi connectivity index (χ1n) is 5.95. The summed E-state index contributed by atoms with van der Waals surface area (Å²) in [6, 6.07) is 10.6. The van der Waals surface area contributed by atoms with Crippen LogP contribution in [0.3, 0.4) is 0 Å². The minimum absolute atomic E-state index is 0.180. The van der Waals surface area contributed by atoms with Crippen LogP contribution in [-0.4, -0.2) is 12.4 Å². The minimum Gasteiger partial charge on any atom is -0.493 e. The highest BCUT2D eigenvalue weighted by molar-refractivity contribution is 6.13. The van der Waals surface area contributed by atoms with Crippen molar-refractivity contribution in [3.05, 3.63) is 59.4 Å². The van der Waals surface area contributed by atoms with Crippen molar-refractivity contribution in [3.8, 4) is 5.75 Å². The monoisotopic (exact) mass is 259 g/mol. The molecular formula is C15H14FNO2. The van der Waals surface area contributed by atoms with E-state index in [-0.39, 0.29) is 11.3 Å². The molecule has 0 aliphatic rings. The lowest BCUT2D eigenvalue weighted by molar-refractivity contribution is 0.103. The molecule has 0 saturated carbocycles. The molecule has 0 unspecified atom stereocenters. The maximum atomic E-state index is 13.3. The van der Waals surface area contributed by atoms with Gasteiger partial charge < -0.3 is 10.5 Å². The van der Waals surface area contributed by atoms with Gasteiger partial charge in [0.15, 0.2) is 5.78 Å². The first-order chi connectivity index (χ1) is 9.13. The molecule has 19 heavy (non-hydrogen) atoms. The summed E-state index contributed by atoms with van der Waals surface area (Å²) in [7, 11) is 0. The van der Waals surface area contributed by atoms with Gasteiger partial charge in [0.25, 0.3) is 0 Å². The van der Waals surface area contributed by atoms with Gasteiger partial charge in [-0.3, -0.25) is 4.79 Å². The molecule has 0 saturated heterocycles.